The van der Waals surface area contributed by atoms with Crippen molar-refractivity contribution in [3.8, 4) is 5.75 Å². The van der Waals surface area contributed by atoms with Crippen LogP contribution in [-0.4, -0.2) is 17.8 Å². The summed E-state index contributed by atoms with van der Waals surface area (Å²) in [4.78, 5) is 11.4. The number of benzene rings is 1. The van der Waals surface area contributed by atoms with Crippen molar-refractivity contribution in [3.05, 3.63) is 64.6 Å². The Labute approximate surface area is 166 Å². The van der Waals surface area contributed by atoms with Gasteiger partial charge in [0.2, 0.25) is 0 Å². The molecule has 0 amide bonds. The Morgan fingerprint density at radius 2 is 2.11 bits per heavy atom. The third-order valence-electron chi connectivity index (χ3n) is 6.09. The van der Waals surface area contributed by atoms with Crippen LogP contribution in [0.3, 0.4) is 0 Å². The second kappa shape index (κ2) is 8.36. The minimum atomic E-state index is -0.363. The Morgan fingerprint density at radius 1 is 1.36 bits per heavy atom. The molecule has 150 valence electrons. The van der Waals surface area contributed by atoms with Crippen molar-refractivity contribution in [1.29, 1.82) is 0 Å². The lowest BCUT2D eigenvalue weighted by Crippen LogP contribution is -2.41. The molecule has 4 heteroatoms. The van der Waals surface area contributed by atoms with Crippen molar-refractivity contribution < 1.29 is 14.3 Å². The normalized spacial score (nSPS) is 22.4. The summed E-state index contributed by atoms with van der Waals surface area (Å²) in [6, 6.07) is 8.66. The molecular weight excluding hydrogens is 352 g/mol. The fourth-order valence-electron chi connectivity index (χ4n) is 4.09. The molecule has 2 atom stereocenters. The average Bonchev–Trinajstić information content (AvgIpc) is 2.64. The van der Waals surface area contributed by atoms with Gasteiger partial charge in [0.05, 0.1) is 6.10 Å². The third kappa shape index (κ3) is 4.56. The van der Waals surface area contributed by atoms with E-state index >= 15 is 0 Å². The van der Waals surface area contributed by atoms with Crippen LogP contribution in [0.1, 0.15) is 46.5 Å². The lowest BCUT2D eigenvalue weighted by molar-refractivity contribution is -0.00881. The van der Waals surface area contributed by atoms with Gasteiger partial charge in [-0.15, -0.1) is 0 Å². The summed E-state index contributed by atoms with van der Waals surface area (Å²) >= 11 is 0. The number of ether oxygens (including phenoxy) is 1. The monoisotopic (exact) mass is 382 g/mol. The average molecular weight is 383 g/mol. The second-order valence-electron chi connectivity index (χ2n) is 8.44. The topological polar surface area (TPSA) is 59.7 Å². The standard InChI is InChI=1S/C24H30O4/c1-16(5-10-20-17(2)6-11-22(25)24(20,3)4)13-14-27-19-9-7-18-8-12-23(26)28-21(18)15-19/h7-9,12-13,15,20,22,25H,2,5-6,10-11,14H2,1,3-4H3/t20?,22-/m1/s1. The van der Waals surface area contributed by atoms with E-state index in [9.17, 15) is 9.90 Å². The Bertz CT molecular complexity index is 935. The van der Waals surface area contributed by atoms with Crippen LogP contribution in [0, 0.1) is 11.3 Å². The van der Waals surface area contributed by atoms with Crippen LogP contribution in [0.25, 0.3) is 11.0 Å². The van der Waals surface area contributed by atoms with E-state index < -0.39 is 0 Å². The molecule has 1 aromatic carbocycles. The maximum atomic E-state index is 11.4. The van der Waals surface area contributed by atoms with E-state index in [1.807, 2.05) is 12.1 Å². The molecule has 1 aromatic heterocycles. The van der Waals surface area contributed by atoms with Gasteiger partial charge in [0.25, 0.3) is 0 Å². The first-order valence-corrected chi connectivity index (χ1v) is 9.95. The van der Waals surface area contributed by atoms with E-state index in [0.29, 0.717) is 23.9 Å². The van der Waals surface area contributed by atoms with Crippen molar-refractivity contribution in [1.82, 2.24) is 0 Å². The number of allylic oxidation sites excluding steroid dienone is 2. The molecule has 0 saturated heterocycles. The molecule has 0 bridgehead atoms. The van der Waals surface area contributed by atoms with Crippen LogP contribution in [-0.2, 0) is 0 Å². The van der Waals surface area contributed by atoms with Crippen molar-refractivity contribution in [3.63, 3.8) is 0 Å². The van der Waals surface area contributed by atoms with Gasteiger partial charge in [0.1, 0.15) is 17.9 Å². The number of aliphatic hydroxyl groups excluding tert-OH is 1. The minimum Gasteiger partial charge on any atom is -0.489 e. The van der Waals surface area contributed by atoms with Crippen LogP contribution in [0.5, 0.6) is 5.75 Å². The van der Waals surface area contributed by atoms with Gasteiger partial charge in [-0.25, -0.2) is 4.79 Å². The van der Waals surface area contributed by atoms with Crippen molar-refractivity contribution >= 4 is 11.0 Å². The van der Waals surface area contributed by atoms with Crippen molar-refractivity contribution in [2.24, 2.45) is 11.3 Å². The van der Waals surface area contributed by atoms with Crippen LogP contribution in [0.2, 0.25) is 0 Å². The van der Waals surface area contributed by atoms with Gasteiger partial charge in [0.15, 0.2) is 0 Å². The van der Waals surface area contributed by atoms with Crippen molar-refractivity contribution in [2.75, 3.05) is 6.61 Å². The maximum absolute atomic E-state index is 11.4. The third-order valence-corrected chi connectivity index (χ3v) is 6.09. The van der Waals surface area contributed by atoms with E-state index in [1.165, 1.54) is 17.2 Å². The second-order valence-corrected chi connectivity index (χ2v) is 8.44. The van der Waals surface area contributed by atoms with Crippen LogP contribution in [0.4, 0.5) is 0 Å². The fraction of sp³-hybridized carbons (Fsp3) is 0.458. The first-order valence-electron chi connectivity index (χ1n) is 9.95. The first-order chi connectivity index (χ1) is 13.3. The lowest BCUT2D eigenvalue weighted by atomic mass is 9.63. The summed E-state index contributed by atoms with van der Waals surface area (Å²) < 4.78 is 11.0. The highest BCUT2D eigenvalue weighted by Gasteiger charge is 2.40. The molecule has 1 aliphatic rings. The van der Waals surface area contributed by atoms with E-state index in [-0.39, 0.29) is 17.1 Å². The number of hydrogen-bond acceptors (Lipinski definition) is 4. The molecule has 0 aliphatic heterocycles. The quantitative estimate of drug-likeness (QED) is 0.547. The summed E-state index contributed by atoms with van der Waals surface area (Å²) in [6.07, 6.45) is 5.50. The number of fused-ring (bicyclic) bond motifs is 1. The smallest absolute Gasteiger partial charge is 0.336 e. The number of hydrogen-bond donors (Lipinski definition) is 1. The zero-order valence-corrected chi connectivity index (χ0v) is 17.0. The Balaban J connectivity index is 1.56. The molecule has 0 radical (unpaired) electrons. The number of aliphatic hydroxyl groups is 1. The molecule has 1 N–H and O–H groups in total. The summed E-state index contributed by atoms with van der Waals surface area (Å²) in [5.41, 5.74) is 2.56. The lowest BCUT2D eigenvalue weighted by Gasteiger charge is -2.44. The Kier molecular flexibility index (Phi) is 6.09. The van der Waals surface area contributed by atoms with Gasteiger partial charge in [-0.2, -0.15) is 0 Å². The molecule has 3 rings (SSSR count). The fourth-order valence-corrected chi connectivity index (χ4v) is 4.09. The van der Waals surface area contributed by atoms with Gasteiger partial charge in [-0.3, -0.25) is 0 Å². The summed E-state index contributed by atoms with van der Waals surface area (Å²) in [6.45, 7) is 11.1. The molecule has 1 heterocycles. The van der Waals surface area contributed by atoms with E-state index in [2.05, 4.69) is 33.4 Å². The largest absolute Gasteiger partial charge is 0.489 e. The first kappa shape index (κ1) is 20.4. The highest BCUT2D eigenvalue weighted by Crippen LogP contribution is 2.45. The molecule has 1 aliphatic carbocycles. The molecule has 28 heavy (non-hydrogen) atoms. The zero-order valence-electron chi connectivity index (χ0n) is 17.0. The molecule has 1 fully saturated rings. The van der Waals surface area contributed by atoms with E-state index in [0.717, 1.165) is 31.1 Å². The maximum Gasteiger partial charge on any atom is 0.336 e. The molecule has 4 nitrogen and oxygen atoms in total. The van der Waals surface area contributed by atoms with Gasteiger partial charge in [-0.1, -0.05) is 31.6 Å². The predicted octanol–water partition coefficient (Wildman–Crippen LogP) is 5.25. The molecule has 2 aromatic rings. The zero-order chi connectivity index (χ0) is 20.3. The van der Waals surface area contributed by atoms with Gasteiger partial charge < -0.3 is 14.3 Å². The highest BCUT2D eigenvalue weighted by atomic mass is 16.5. The number of rotatable bonds is 6. The summed E-state index contributed by atoms with van der Waals surface area (Å²) in [7, 11) is 0. The van der Waals surface area contributed by atoms with Gasteiger partial charge >= 0.3 is 5.63 Å². The molecule has 1 unspecified atom stereocenters. The van der Waals surface area contributed by atoms with Crippen LogP contribution < -0.4 is 10.4 Å². The molecule has 0 spiro atoms. The summed E-state index contributed by atoms with van der Waals surface area (Å²) in [5.74, 6) is 1.01. The highest BCUT2D eigenvalue weighted by molar-refractivity contribution is 5.77. The summed E-state index contributed by atoms with van der Waals surface area (Å²) in [5, 5.41) is 11.2. The van der Waals surface area contributed by atoms with Crippen molar-refractivity contribution in [2.45, 2.75) is 52.6 Å². The molecular formula is C24H30O4. The Hall–Kier alpha value is -2.33. The van der Waals surface area contributed by atoms with Gasteiger partial charge in [0, 0.05) is 17.5 Å². The van der Waals surface area contributed by atoms with Gasteiger partial charge in [-0.05, 0) is 68.2 Å². The minimum absolute atomic E-state index is 0.124. The Morgan fingerprint density at radius 3 is 2.89 bits per heavy atom. The van der Waals surface area contributed by atoms with Crippen LogP contribution >= 0.6 is 0 Å². The van der Waals surface area contributed by atoms with E-state index in [4.69, 9.17) is 9.15 Å². The molecule has 1 saturated carbocycles. The van der Waals surface area contributed by atoms with E-state index in [1.54, 1.807) is 12.1 Å². The van der Waals surface area contributed by atoms with Crippen LogP contribution in [0.15, 0.2) is 63.3 Å². The SMILES string of the molecule is C=C1CC[C@@H](O)C(C)(C)C1CCC(C)=CCOc1ccc2ccc(=O)oc2c1. The predicted molar refractivity (Wildman–Crippen MR) is 113 cm³/mol.